The maximum absolute atomic E-state index is 12.6. The summed E-state index contributed by atoms with van der Waals surface area (Å²) in [6, 6.07) is 11.1. The number of rotatable bonds is 7. The lowest BCUT2D eigenvalue weighted by molar-refractivity contribution is -0.122. The van der Waals surface area contributed by atoms with E-state index in [-0.39, 0.29) is 5.91 Å². The molecule has 0 heterocycles. The van der Waals surface area contributed by atoms with Crippen LogP contribution in [0.25, 0.3) is 0 Å². The van der Waals surface area contributed by atoms with Crippen molar-refractivity contribution in [1.82, 2.24) is 0 Å². The zero-order valence-electron chi connectivity index (χ0n) is 15.4. The summed E-state index contributed by atoms with van der Waals surface area (Å²) >= 11 is 0. The first-order chi connectivity index (χ1) is 12.0. The molecule has 0 saturated heterocycles. The monoisotopic (exact) mass is 343 g/mol. The van der Waals surface area contributed by atoms with Gasteiger partial charge in [-0.05, 0) is 49.6 Å². The van der Waals surface area contributed by atoms with Crippen LogP contribution in [0.2, 0.25) is 0 Å². The lowest BCUT2D eigenvalue weighted by atomic mass is 10.1. The predicted molar refractivity (Wildman–Crippen MR) is 98.8 cm³/mol. The molecule has 1 unspecified atom stereocenters. The van der Waals surface area contributed by atoms with E-state index in [4.69, 9.17) is 14.2 Å². The molecule has 0 aliphatic carbocycles. The van der Waals surface area contributed by atoms with Gasteiger partial charge in [0.15, 0.2) is 6.10 Å². The maximum atomic E-state index is 12.6. The van der Waals surface area contributed by atoms with E-state index in [0.29, 0.717) is 23.6 Å². The SMILES string of the molecule is CCC(Oc1cccc(C)c1C)C(=O)Nc1ccc(OC)cc1OC. The fourth-order valence-corrected chi connectivity index (χ4v) is 2.44. The molecule has 0 aromatic heterocycles. The highest BCUT2D eigenvalue weighted by Gasteiger charge is 2.21. The third-order valence-corrected chi connectivity index (χ3v) is 4.15. The van der Waals surface area contributed by atoms with Gasteiger partial charge in [0.05, 0.1) is 19.9 Å². The topological polar surface area (TPSA) is 56.8 Å². The van der Waals surface area contributed by atoms with Crippen LogP contribution in [0.3, 0.4) is 0 Å². The summed E-state index contributed by atoms with van der Waals surface area (Å²) in [6.45, 7) is 5.92. The fourth-order valence-electron chi connectivity index (χ4n) is 2.44. The second-order valence-electron chi connectivity index (χ2n) is 5.77. The van der Waals surface area contributed by atoms with Gasteiger partial charge in [-0.15, -0.1) is 0 Å². The Hall–Kier alpha value is -2.69. The number of hydrogen-bond donors (Lipinski definition) is 1. The molecule has 1 atom stereocenters. The van der Waals surface area contributed by atoms with Crippen molar-refractivity contribution in [3.05, 3.63) is 47.5 Å². The van der Waals surface area contributed by atoms with Crippen LogP contribution in [0.1, 0.15) is 24.5 Å². The third kappa shape index (κ3) is 4.44. The Morgan fingerprint density at radius 3 is 2.48 bits per heavy atom. The average molecular weight is 343 g/mol. The number of hydrogen-bond acceptors (Lipinski definition) is 4. The van der Waals surface area contributed by atoms with E-state index in [9.17, 15) is 4.79 Å². The van der Waals surface area contributed by atoms with E-state index < -0.39 is 6.10 Å². The summed E-state index contributed by atoms with van der Waals surface area (Å²) in [4.78, 5) is 12.6. The molecule has 5 heteroatoms. The minimum atomic E-state index is -0.590. The van der Waals surface area contributed by atoms with Crippen LogP contribution in [-0.2, 0) is 4.79 Å². The Kier molecular flexibility index (Phi) is 6.28. The predicted octanol–water partition coefficient (Wildman–Crippen LogP) is 4.12. The number of carbonyl (C=O) groups is 1. The van der Waals surface area contributed by atoms with Gasteiger partial charge in [0.25, 0.3) is 5.91 Å². The molecule has 134 valence electrons. The van der Waals surface area contributed by atoms with E-state index >= 15 is 0 Å². The number of ether oxygens (including phenoxy) is 3. The van der Waals surface area contributed by atoms with E-state index in [1.165, 1.54) is 0 Å². The molecule has 2 aromatic rings. The molecule has 25 heavy (non-hydrogen) atoms. The van der Waals surface area contributed by atoms with Crippen LogP contribution < -0.4 is 19.5 Å². The van der Waals surface area contributed by atoms with Gasteiger partial charge in [0.2, 0.25) is 0 Å². The number of methoxy groups -OCH3 is 2. The Balaban J connectivity index is 2.16. The van der Waals surface area contributed by atoms with Gasteiger partial charge < -0.3 is 19.5 Å². The molecule has 0 aliphatic heterocycles. The quantitative estimate of drug-likeness (QED) is 0.822. The Morgan fingerprint density at radius 2 is 1.84 bits per heavy atom. The standard InChI is InChI=1S/C20H25NO4/c1-6-17(25-18-9-7-8-13(2)14(18)3)20(22)21-16-11-10-15(23-4)12-19(16)24-5/h7-12,17H,6H2,1-5H3,(H,21,22). The molecule has 1 amide bonds. The number of amides is 1. The lowest BCUT2D eigenvalue weighted by Crippen LogP contribution is -2.32. The number of anilines is 1. The third-order valence-electron chi connectivity index (χ3n) is 4.15. The number of nitrogens with one attached hydrogen (secondary N) is 1. The molecular weight excluding hydrogens is 318 g/mol. The minimum absolute atomic E-state index is 0.216. The highest BCUT2D eigenvalue weighted by Crippen LogP contribution is 2.29. The van der Waals surface area contributed by atoms with Crippen molar-refractivity contribution in [3.63, 3.8) is 0 Å². The zero-order chi connectivity index (χ0) is 18.4. The first-order valence-electron chi connectivity index (χ1n) is 8.25. The molecular formula is C20H25NO4. The second kappa shape index (κ2) is 8.42. The summed E-state index contributed by atoms with van der Waals surface area (Å²) in [7, 11) is 3.13. The summed E-state index contributed by atoms with van der Waals surface area (Å²) in [5.41, 5.74) is 2.75. The van der Waals surface area contributed by atoms with Gasteiger partial charge in [-0.2, -0.15) is 0 Å². The van der Waals surface area contributed by atoms with E-state index in [1.54, 1.807) is 32.4 Å². The summed E-state index contributed by atoms with van der Waals surface area (Å²) in [5.74, 6) is 1.71. The molecule has 2 aromatic carbocycles. The van der Waals surface area contributed by atoms with E-state index in [0.717, 1.165) is 16.9 Å². The van der Waals surface area contributed by atoms with Crippen molar-refractivity contribution in [2.45, 2.75) is 33.3 Å². The largest absolute Gasteiger partial charge is 0.497 e. The van der Waals surface area contributed by atoms with Gasteiger partial charge in [-0.1, -0.05) is 19.1 Å². The van der Waals surface area contributed by atoms with Crippen LogP contribution in [0.4, 0.5) is 5.69 Å². The maximum Gasteiger partial charge on any atom is 0.265 e. The zero-order valence-corrected chi connectivity index (χ0v) is 15.4. The Bertz CT molecular complexity index is 742. The van der Waals surface area contributed by atoms with Crippen molar-refractivity contribution in [3.8, 4) is 17.2 Å². The second-order valence-corrected chi connectivity index (χ2v) is 5.77. The van der Waals surface area contributed by atoms with Gasteiger partial charge >= 0.3 is 0 Å². The summed E-state index contributed by atoms with van der Waals surface area (Å²) in [5, 5.41) is 2.87. The number of carbonyl (C=O) groups excluding carboxylic acids is 1. The lowest BCUT2D eigenvalue weighted by Gasteiger charge is -2.20. The van der Waals surface area contributed by atoms with Gasteiger partial charge in [-0.3, -0.25) is 4.79 Å². The van der Waals surface area contributed by atoms with Crippen molar-refractivity contribution < 1.29 is 19.0 Å². The highest BCUT2D eigenvalue weighted by molar-refractivity contribution is 5.95. The Labute approximate surface area is 148 Å². The molecule has 0 bridgehead atoms. The number of benzene rings is 2. The van der Waals surface area contributed by atoms with Gasteiger partial charge in [-0.25, -0.2) is 0 Å². The van der Waals surface area contributed by atoms with Crippen LogP contribution >= 0.6 is 0 Å². The smallest absolute Gasteiger partial charge is 0.265 e. The normalized spacial score (nSPS) is 11.6. The van der Waals surface area contributed by atoms with Crippen LogP contribution in [0.15, 0.2) is 36.4 Å². The molecule has 2 rings (SSSR count). The minimum Gasteiger partial charge on any atom is -0.497 e. The van der Waals surface area contributed by atoms with Crippen molar-refractivity contribution in [2.24, 2.45) is 0 Å². The fraction of sp³-hybridized carbons (Fsp3) is 0.350. The molecule has 5 nitrogen and oxygen atoms in total. The molecule has 1 N–H and O–H groups in total. The van der Waals surface area contributed by atoms with Crippen LogP contribution in [0.5, 0.6) is 17.2 Å². The van der Waals surface area contributed by atoms with Crippen molar-refractivity contribution in [2.75, 3.05) is 19.5 Å². The summed E-state index contributed by atoms with van der Waals surface area (Å²) in [6.07, 6.45) is -0.0372. The van der Waals surface area contributed by atoms with E-state index in [1.807, 2.05) is 39.0 Å². The Morgan fingerprint density at radius 1 is 1.08 bits per heavy atom. The van der Waals surface area contributed by atoms with Crippen LogP contribution in [-0.4, -0.2) is 26.2 Å². The molecule has 0 aliphatic rings. The molecule has 0 fully saturated rings. The number of aryl methyl sites for hydroxylation is 1. The molecule has 0 saturated carbocycles. The summed E-state index contributed by atoms with van der Waals surface area (Å²) < 4.78 is 16.4. The van der Waals surface area contributed by atoms with E-state index in [2.05, 4.69) is 5.32 Å². The highest BCUT2D eigenvalue weighted by atomic mass is 16.5. The van der Waals surface area contributed by atoms with Gasteiger partial charge in [0, 0.05) is 6.07 Å². The first kappa shape index (κ1) is 18.6. The van der Waals surface area contributed by atoms with Crippen molar-refractivity contribution >= 4 is 11.6 Å². The molecule has 0 spiro atoms. The van der Waals surface area contributed by atoms with Crippen LogP contribution in [0, 0.1) is 13.8 Å². The average Bonchev–Trinajstić information content (AvgIpc) is 2.63. The van der Waals surface area contributed by atoms with Crippen molar-refractivity contribution in [1.29, 1.82) is 0 Å². The van der Waals surface area contributed by atoms with Gasteiger partial charge in [0.1, 0.15) is 17.2 Å². The molecule has 0 radical (unpaired) electrons. The first-order valence-corrected chi connectivity index (χ1v) is 8.25.